The van der Waals surface area contributed by atoms with Crippen LogP contribution in [-0.2, 0) is 11.8 Å². The normalized spacial score (nSPS) is 16.2. The van der Waals surface area contributed by atoms with Crippen LogP contribution in [0.4, 0.5) is 5.95 Å². The first-order valence-corrected chi connectivity index (χ1v) is 10.0. The first-order valence-electron chi connectivity index (χ1n) is 10.0. The fourth-order valence-corrected chi connectivity index (χ4v) is 3.44. The predicted octanol–water partition coefficient (Wildman–Crippen LogP) is 3.12. The van der Waals surface area contributed by atoms with E-state index in [0.29, 0.717) is 17.8 Å². The van der Waals surface area contributed by atoms with Crippen molar-refractivity contribution in [2.75, 3.05) is 18.4 Å². The molecule has 1 atom stereocenters. The molecule has 2 N–H and O–H groups in total. The molecule has 1 aliphatic rings. The summed E-state index contributed by atoms with van der Waals surface area (Å²) in [6, 6.07) is 6.11. The molecule has 7 nitrogen and oxygen atoms in total. The molecule has 1 aromatic heterocycles. The minimum atomic E-state index is -0.640. The van der Waals surface area contributed by atoms with Gasteiger partial charge in [0.25, 0.3) is 5.91 Å². The van der Waals surface area contributed by atoms with Crippen LogP contribution >= 0.6 is 0 Å². The Bertz CT molecular complexity index is 824. The molecule has 0 spiro atoms. The van der Waals surface area contributed by atoms with Crippen LogP contribution < -0.4 is 15.4 Å². The van der Waals surface area contributed by atoms with Crippen molar-refractivity contribution in [2.45, 2.75) is 58.5 Å². The fraction of sp³-hybridized carbons (Fsp3) is 0.571. The van der Waals surface area contributed by atoms with Crippen LogP contribution in [0.1, 0.15) is 62.4 Å². The molecule has 1 amide bonds. The minimum absolute atomic E-state index is 0.233. The largest absolute Gasteiger partial charge is 0.481 e. The van der Waals surface area contributed by atoms with Gasteiger partial charge in [-0.25, -0.2) is 4.68 Å². The van der Waals surface area contributed by atoms with Crippen molar-refractivity contribution in [1.29, 1.82) is 0 Å². The topological polar surface area (TPSA) is 81.1 Å². The number of nitrogens with zero attached hydrogens (tertiary/aromatic N) is 3. The zero-order valence-corrected chi connectivity index (χ0v) is 17.5. The summed E-state index contributed by atoms with van der Waals surface area (Å²) < 4.78 is 7.64. The molecule has 152 valence electrons. The van der Waals surface area contributed by atoms with E-state index >= 15 is 0 Å². The third kappa shape index (κ3) is 4.70. The third-order valence-electron chi connectivity index (χ3n) is 5.18. The zero-order chi connectivity index (χ0) is 20.3. The molecule has 1 saturated heterocycles. The molecular weight excluding hydrogens is 354 g/mol. The lowest BCUT2D eigenvalue weighted by Crippen LogP contribution is -2.31. The Labute approximate surface area is 166 Å². The lowest BCUT2D eigenvalue weighted by molar-refractivity contribution is -0.122. The Morgan fingerprint density at radius 1 is 1.29 bits per heavy atom. The Kier molecular flexibility index (Phi) is 6.34. The van der Waals surface area contributed by atoms with E-state index in [9.17, 15) is 4.79 Å². The second kappa shape index (κ2) is 8.73. The molecule has 0 aliphatic carbocycles. The van der Waals surface area contributed by atoms with Crippen molar-refractivity contribution >= 4 is 11.9 Å². The average Bonchev–Trinajstić information content (AvgIpc) is 3.02. The van der Waals surface area contributed by atoms with E-state index in [2.05, 4.69) is 46.7 Å². The number of ether oxygens (including phenoxy) is 1. The lowest BCUT2D eigenvalue weighted by Gasteiger charge is -2.19. The van der Waals surface area contributed by atoms with Crippen LogP contribution in [0.15, 0.2) is 18.2 Å². The molecular formula is C21H31N5O2. The molecule has 2 aromatic rings. The van der Waals surface area contributed by atoms with E-state index in [1.807, 2.05) is 13.0 Å². The van der Waals surface area contributed by atoms with Gasteiger partial charge in [0.05, 0.1) is 0 Å². The van der Waals surface area contributed by atoms with Crippen LogP contribution in [-0.4, -0.2) is 39.9 Å². The van der Waals surface area contributed by atoms with E-state index in [-0.39, 0.29) is 5.91 Å². The smallest absolute Gasteiger partial charge is 0.267 e. The van der Waals surface area contributed by atoms with E-state index in [1.165, 1.54) is 0 Å². The molecule has 0 radical (unpaired) electrons. The third-order valence-corrected chi connectivity index (χ3v) is 5.18. The maximum atomic E-state index is 12.7. The number of piperidine rings is 1. The summed E-state index contributed by atoms with van der Waals surface area (Å²) in [5, 5.41) is 10.7. The number of amides is 1. The highest BCUT2D eigenvalue weighted by atomic mass is 16.5. The van der Waals surface area contributed by atoms with Crippen molar-refractivity contribution in [1.82, 2.24) is 20.1 Å². The Morgan fingerprint density at radius 2 is 2.00 bits per heavy atom. The van der Waals surface area contributed by atoms with Gasteiger partial charge in [0.2, 0.25) is 5.95 Å². The summed E-state index contributed by atoms with van der Waals surface area (Å²) in [6.45, 7) is 9.96. The van der Waals surface area contributed by atoms with E-state index in [1.54, 1.807) is 18.7 Å². The van der Waals surface area contributed by atoms with Crippen LogP contribution in [0.2, 0.25) is 0 Å². The second-order valence-corrected chi connectivity index (χ2v) is 7.89. The highest BCUT2D eigenvalue weighted by molar-refractivity contribution is 5.92. The number of anilines is 1. The van der Waals surface area contributed by atoms with Gasteiger partial charge in [-0.2, -0.15) is 10.1 Å². The molecule has 7 heteroatoms. The number of aryl methyl sites for hydroxylation is 2. The number of rotatable bonds is 6. The molecule has 1 aromatic carbocycles. The zero-order valence-electron chi connectivity index (χ0n) is 17.5. The van der Waals surface area contributed by atoms with E-state index < -0.39 is 6.10 Å². The van der Waals surface area contributed by atoms with Gasteiger partial charge in [-0.05, 0) is 62.9 Å². The number of nitrogens with one attached hydrogen (secondary N) is 2. The first kappa shape index (κ1) is 20.3. The number of aromatic nitrogens is 3. The lowest BCUT2D eigenvalue weighted by atomic mass is 9.98. The van der Waals surface area contributed by atoms with Crippen molar-refractivity contribution in [3.05, 3.63) is 35.2 Å². The number of carbonyl (C=O) groups excluding carboxylic acids is 1. The number of benzene rings is 1. The SMILES string of the molecule is Cc1ccc(C(C)C)c(OC(C)C(=O)Nc2nc(C3CCNCC3)nn2C)c1. The van der Waals surface area contributed by atoms with Gasteiger partial charge >= 0.3 is 0 Å². The molecule has 3 rings (SSSR count). The molecule has 1 fully saturated rings. The van der Waals surface area contributed by atoms with Crippen molar-refractivity contribution < 1.29 is 9.53 Å². The van der Waals surface area contributed by atoms with Crippen LogP contribution in [0, 0.1) is 6.92 Å². The van der Waals surface area contributed by atoms with Crippen LogP contribution in [0.25, 0.3) is 0 Å². The van der Waals surface area contributed by atoms with Crippen LogP contribution in [0.5, 0.6) is 5.75 Å². The van der Waals surface area contributed by atoms with Gasteiger partial charge in [-0.1, -0.05) is 26.0 Å². The van der Waals surface area contributed by atoms with Crippen LogP contribution in [0.3, 0.4) is 0 Å². The monoisotopic (exact) mass is 385 g/mol. The van der Waals surface area contributed by atoms with Gasteiger partial charge in [-0.15, -0.1) is 0 Å². The number of hydrogen-bond donors (Lipinski definition) is 2. The summed E-state index contributed by atoms with van der Waals surface area (Å²) >= 11 is 0. The highest BCUT2D eigenvalue weighted by Crippen LogP contribution is 2.28. The van der Waals surface area contributed by atoms with E-state index in [4.69, 9.17) is 4.74 Å². The van der Waals surface area contributed by atoms with Gasteiger partial charge < -0.3 is 10.1 Å². The van der Waals surface area contributed by atoms with Gasteiger partial charge in [0.15, 0.2) is 11.9 Å². The Hall–Kier alpha value is -2.41. The van der Waals surface area contributed by atoms with Gasteiger partial charge in [-0.3, -0.25) is 10.1 Å². The first-order chi connectivity index (χ1) is 13.3. The highest BCUT2D eigenvalue weighted by Gasteiger charge is 2.23. The number of carbonyl (C=O) groups is 1. The summed E-state index contributed by atoms with van der Waals surface area (Å²) in [5.74, 6) is 2.44. The summed E-state index contributed by atoms with van der Waals surface area (Å²) in [4.78, 5) is 17.3. The second-order valence-electron chi connectivity index (χ2n) is 7.89. The maximum absolute atomic E-state index is 12.7. The van der Waals surface area contributed by atoms with Crippen molar-refractivity contribution in [3.63, 3.8) is 0 Å². The molecule has 28 heavy (non-hydrogen) atoms. The van der Waals surface area contributed by atoms with E-state index in [0.717, 1.165) is 48.6 Å². The summed E-state index contributed by atoms with van der Waals surface area (Å²) in [7, 11) is 1.80. The van der Waals surface area contributed by atoms with Crippen molar-refractivity contribution in [2.24, 2.45) is 7.05 Å². The summed E-state index contributed by atoms with van der Waals surface area (Å²) in [5.41, 5.74) is 2.20. The average molecular weight is 386 g/mol. The van der Waals surface area contributed by atoms with Crippen molar-refractivity contribution in [3.8, 4) is 5.75 Å². The Morgan fingerprint density at radius 3 is 2.68 bits per heavy atom. The molecule has 1 unspecified atom stereocenters. The fourth-order valence-electron chi connectivity index (χ4n) is 3.44. The standard InChI is InChI=1S/C21H31N5O2/c1-13(2)17-7-6-14(3)12-18(17)28-15(4)20(27)24-21-23-19(25-26(21)5)16-8-10-22-11-9-16/h6-7,12-13,15-16,22H,8-11H2,1-5H3,(H,23,24,25,27). The molecule has 0 saturated carbocycles. The number of hydrogen-bond acceptors (Lipinski definition) is 5. The van der Waals surface area contributed by atoms with Gasteiger partial charge in [0.1, 0.15) is 5.75 Å². The quantitative estimate of drug-likeness (QED) is 0.798. The van der Waals surface area contributed by atoms with Gasteiger partial charge in [0, 0.05) is 13.0 Å². The summed E-state index contributed by atoms with van der Waals surface area (Å²) in [6.07, 6.45) is 1.39. The molecule has 2 heterocycles. The minimum Gasteiger partial charge on any atom is -0.481 e. The maximum Gasteiger partial charge on any atom is 0.267 e. The predicted molar refractivity (Wildman–Crippen MR) is 110 cm³/mol. The molecule has 1 aliphatic heterocycles. The molecule has 0 bridgehead atoms. The Balaban J connectivity index is 1.68.